The van der Waals surface area contributed by atoms with Crippen molar-refractivity contribution in [3.8, 4) is 0 Å². The highest BCUT2D eigenvalue weighted by atomic mass is 35.5. The molecule has 0 atom stereocenters. The van der Waals surface area contributed by atoms with E-state index in [1.165, 1.54) is 54.6 Å². The number of hydrogen-bond donors (Lipinski definition) is 2. The zero-order valence-electron chi connectivity index (χ0n) is 12.5. The zero-order chi connectivity index (χ0) is 18.4. The lowest BCUT2D eigenvalue weighted by atomic mass is 10.2. The lowest BCUT2D eigenvalue weighted by Gasteiger charge is -2.08. The Bertz CT molecular complexity index is 856. The third-order valence-corrected chi connectivity index (χ3v) is 3.38. The molecule has 128 valence electrons. The molecule has 2 aromatic rings. The summed E-state index contributed by atoms with van der Waals surface area (Å²) in [5.74, 6) is -0.921. The predicted octanol–water partition coefficient (Wildman–Crippen LogP) is 3.91. The Labute approximate surface area is 152 Å². The fourth-order valence-corrected chi connectivity index (χ4v) is 2.19. The molecular formula is C16H11ClFN3O3S. The summed E-state index contributed by atoms with van der Waals surface area (Å²) in [4.78, 5) is 22.2. The van der Waals surface area contributed by atoms with Crippen LogP contribution in [-0.4, -0.2) is 15.9 Å². The molecule has 1 amide bonds. The second-order valence-electron chi connectivity index (χ2n) is 4.75. The molecule has 0 aliphatic rings. The number of hydrogen-bond acceptors (Lipinski definition) is 4. The first-order valence-corrected chi connectivity index (χ1v) is 7.63. The number of benzene rings is 2. The van der Waals surface area contributed by atoms with Gasteiger partial charge in [0, 0.05) is 17.2 Å². The van der Waals surface area contributed by atoms with E-state index in [1.54, 1.807) is 0 Å². The van der Waals surface area contributed by atoms with Crippen LogP contribution in [0.15, 0.2) is 48.5 Å². The maximum atomic E-state index is 12.8. The minimum atomic E-state index is -0.618. The molecule has 0 heterocycles. The van der Waals surface area contributed by atoms with Gasteiger partial charge in [0.25, 0.3) is 5.69 Å². The Morgan fingerprint density at radius 1 is 1.24 bits per heavy atom. The summed E-state index contributed by atoms with van der Waals surface area (Å²) in [5, 5.41) is 16.0. The van der Waals surface area contributed by atoms with E-state index in [4.69, 9.17) is 23.8 Å². The molecule has 0 unspecified atom stereocenters. The highest BCUT2D eigenvalue weighted by molar-refractivity contribution is 7.80. The fraction of sp³-hybridized carbons (Fsp3) is 0. The molecule has 0 fully saturated rings. The van der Waals surface area contributed by atoms with Crippen LogP contribution in [0.3, 0.4) is 0 Å². The van der Waals surface area contributed by atoms with E-state index in [0.29, 0.717) is 5.56 Å². The van der Waals surface area contributed by atoms with Crippen molar-refractivity contribution < 1.29 is 14.1 Å². The van der Waals surface area contributed by atoms with Gasteiger partial charge in [0.1, 0.15) is 11.5 Å². The SMILES string of the molecule is O=C(C=Cc1ccc(F)cc1)NC(=S)Nc1ccc(Cl)cc1[N+](=O)[O-]. The number of carbonyl (C=O) groups excluding carboxylic acids is 1. The normalized spacial score (nSPS) is 10.5. The van der Waals surface area contributed by atoms with Crippen LogP contribution in [0.4, 0.5) is 15.8 Å². The fourth-order valence-electron chi connectivity index (χ4n) is 1.81. The number of nitro benzene ring substituents is 1. The van der Waals surface area contributed by atoms with Crippen molar-refractivity contribution in [1.29, 1.82) is 0 Å². The van der Waals surface area contributed by atoms with Gasteiger partial charge in [0.05, 0.1) is 4.92 Å². The lowest BCUT2D eigenvalue weighted by molar-refractivity contribution is -0.383. The number of nitro groups is 1. The third-order valence-electron chi connectivity index (χ3n) is 2.94. The second kappa shape index (κ2) is 8.32. The van der Waals surface area contributed by atoms with E-state index in [0.717, 1.165) is 0 Å². The first-order chi connectivity index (χ1) is 11.8. The van der Waals surface area contributed by atoms with Crippen molar-refractivity contribution >= 4 is 52.3 Å². The summed E-state index contributed by atoms with van der Waals surface area (Å²) in [6.07, 6.45) is 2.68. The molecule has 0 aromatic heterocycles. The molecule has 2 rings (SSSR count). The van der Waals surface area contributed by atoms with Crippen molar-refractivity contribution in [3.05, 3.63) is 75.1 Å². The van der Waals surface area contributed by atoms with Gasteiger partial charge < -0.3 is 5.32 Å². The molecule has 2 aromatic carbocycles. The summed E-state index contributed by atoms with van der Waals surface area (Å²) in [6.45, 7) is 0. The van der Waals surface area contributed by atoms with Gasteiger partial charge in [-0.2, -0.15) is 0 Å². The van der Waals surface area contributed by atoms with Crippen LogP contribution in [-0.2, 0) is 4.79 Å². The summed E-state index contributed by atoms with van der Waals surface area (Å²) >= 11 is 10.7. The van der Waals surface area contributed by atoms with Crippen LogP contribution >= 0.6 is 23.8 Å². The Balaban J connectivity index is 1.99. The molecule has 0 bridgehead atoms. The number of carbonyl (C=O) groups is 1. The third kappa shape index (κ3) is 5.63. The lowest BCUT2D eigenvalue weighted by Crippen LogP contribution is -2.33. The number of halogens is 2. The van der Waals surface area contributed by atoms with E-state index in [2.05, 4.69) is 10.6 Å². The number of amides is 1. The number of rotatable bonds is 4. The molecular weight excluding hydrogens is 369 g/mol. The smallest absolute Gasteiger partial charge is 0.294 e. The number of anilines is 1. The minimum absolute atomic E-state index is 0.0993. The first-order valence-electron chi connectivity index (χ1n) is 6.85. The van der Waals surface area contributed by atoms with Gasteiger partial charge in [-0.3, -0.25) is 20.2 Å². The Morgan fingerprint density at radius 2 is 1.92 bits per heavy atom. The molecule has 0 spiro atoms. The van der Waals surface area contributed by atoms with Crippen LogP contribution in [0.25, 0.3) is 6.08 Å². The predicted molar refractivity (Wildman–Crippen MR) is 97.9 cm³/mol. The molecule has 0 aliphatic heterocycles. The average molecular weight is 380 g/mol. The molecule has 25 heavy (non-hydrogen) atoms. The molecule has 0 radical (unpaired) electrons. The average Bonchev–Trinajstić information content (AvgIpc) is 2.55. The molecule has 0 saturated carbocycles. The van der Waals surface area contributed by atoms with Crippen molar-refractivity contribution in [3.63, 3.8) is 0 Å². The topological polar surface area (TPSA) is 84.3 Å². The van der Waals surface area contributed by atoms with Gasteiger partial charge in [-0.25, -0.2) is 4.39 Å². The maximum absolute atomic E-state index is 12.8. The quantitative estimate of drug-likeness (QED) is 0.364. The van der Waals surface area contributed by atoms with Gasteiger partial charge >= 0.3 is 0 Å². The second-order valence-corrected chi connectivity index (χ2v) is 5.59. The van der Waals surface area contributed by atoms with Crippen LogP contribution < -0.4 is 10.6 Å². The first kappa shape index (κ1) is 18.5. The van der Waals surface area contributed by atoms with Crippen LogP contribution in [0.1, 0.15) is 5.56 Å². The van der Waals surface area contributed by atoms with Crippen molar-refractivity contribution in [2.24, 2.45) is 0 Å². The summed E-state index contributed by atoms with van der Waals surface area (Å²) < 4.78 is 12.8. The van der Waals surface area contributed by atoms with E-state index in [9.17, 15) is 19.3 Å². The Hall–Kier alpha value is -2.84. The van der Waals surface area contributed by atoms with E-state index in [1.807, 2.05) is 0 Å². The van der Waals surface area contributed by atoms with E-state index in [-0.39, 0.29) is 27.3 Å². The van der Waals surface area contributed by atoms with Gasteiger partial charge in [-0.05, 0) is 48.1 Å². The van der Waals surface area contributed by atoms with Gasteiger partial charge in [-0.15, -0.1) is 0 Å². The summed E-state index contributed by atoms with van der Waals surface area (Å²) in [7, 11) is 0. The number of thiocarbonyl (C=S) groups is 1. The minimum Gasteiger partial charge on any atom is -0.327 e. The highest BCUT2D eigenvalue weighted by Crippen LogP contribution is 2.27. The summed E-state index contributed by atoms with van der Waals surface area (Å²) in [6, 6.07) is 9.55. The van der Waals surface area contributed by atoms with E-state index < -0.39 is 10.8 Å². The highest BCUT2D eigenvalue weighted by Gasteiger charge is 2.15. The van der Waals surface area contributed by atoms with Gasteiger partial charge in [-0.1, -0.05) is 23.7 Å². The van der Waals surface area contributed by atoms with Crippen molar-refractivity contribution in [1.82, 2.24) is 5.32 Å². The molecule has 0 aliphatic carbocycles. The Morgan fingerprint density at radius 3 is 2.56 bits per heavy atom. The Kier molecular flexibility index (Phi) is 6.15. The van der Waals surface area contributed by atoms with E-state index >= 15 is 0 Å². The number of nitrogens with zero attached hydrogens (tertiary/aromatic N) is 1. The van der Waals surface area contributed by atoms with Crippen molar-refractivity contribution in [2.75, 3.05) is 5.32 Å². The molecule has 2 N–H and O–H groups in total. The zero-order valence-corrected chi connectivity index (χ0v) is 14.1. The van der Waals surface area contributed by atoms with Gasteiger partial charge in [0.15, 0.2) is 5.11 Å². The largest absolute Gasteiger partial charge is 0.327 e. The monoisotopic (exact) mass is 379 g/mol. The standard InChI is InChI=1S/C16H11ClFN3O3S/c17-11-4-7-13(14(9-11)21(23)24)19-16(25)20-15(22)8-3-10-1-5-12(18)6-2-10/h1-9H,(H2,19,20,22,25). The van der Waals surface area contributed by atoms with Crippen molar-refractivity contribution in [2.45, 2.75) is 0 Å². The van der Waals surface area contributed by atoms with Crippen LogP contribution in [0.5, 0.6) is 0 Å². The number of nitrogens with one attached hydrogen (secondary N) is 2. The molecule has 0 saturated heterocycles. The van der Waals surface area contributed by atoms with Gasteiger partial charge in [0.2, 0.25) is 5.91 Å². The van der Waals surface area contributed by atoms with Crippen LogP contribution in [0, 0.1) is 15.9 Å². The summed E-state index contributed by atoms with van der Waals surface area (Å²) in [5.41, 5.74) is 0.455. The molecule has 9 heteroatoms. The molecule has 6 nitrogen and oxygen atoms in total. The maximum Gasteiger partial charge on any atom is 0.294 e. The van der Waals surface area contributed by atoms with Crippen LogP contribution in [0.2, 0.25) is 5.02 Å².